The van der Waals surface area contributed by atoms with Gasteiger partial charge >= 0.3 is 0 Å². The molecule has 0 spiro atoms. The highest BCUT2D eigenvalue weighted by Gasteiger charge is 1.95. The fraction of sp³-hybridized carbons (Fsp3) is 0.375. The van der Waals surface area contributed by atoms with E-state index >= 15 is 0 Å². The minimum Gasteiger partial charge on any atom is -1.00 e. The van der Waals surface area contributed by atoms with Crippen LogP contribution in [0.4, 0.5) is 5.69 Å². The van der Waals surface area contributed by atoms with Crippen LogP contribution in [0.15, 0.2) is 24.5 Å². The van der Waals surface area contributed by atoms with E-state index < -0.39 is 0 Å². The maximum Gasteiger partial charge on any atom is 0.170 e. The number of aryl methyl sites for hydroxylation is 1. The second-order valence-corrected chi connectivity index (χ2v) is 2.62. The highest BCUT2D eigenvalue weighted by molar-refractivity contribution is 5.41. The van der Waals surface area contributed by atoms with Gasteiger partial charge in [0.1, 0.15) is 7.05 Å². The van der Waals surface area contributed by atoms with Crippen LogP contribution >= 0.6 is 0 Å². The zero-order valence-electron chi connectivity index (χ0n) is 7.08. The highest BCUT2D eigenvalue weighted by atomic mass is 79.9. The van der Waals surface area contributed by atoms with E-state index in [1.54, 1.807) is 0 Å². The zero-order chi connectivity index (χ0) is 7.56. The Morgan fingerprint density at radius 3 is 2.00 bits per heavy atom. The SMILES string of the molecule is CN(C)c1cc[n+](C)cc1.[Br-]. The normalized spacial score (nSPS) is 8.64. The molecule has 2 nitrogen and oxygen atoms in total. The molecule has 3 heteroatoms. The predicted molar refractivity (Wildman–Crippen MR) is 41.9 cm³/mol. The van der Waals surface area contributed by atoms with Gasteiger partial charge in [-0.1, -0.05) is 0 Å². The Bertz CT molecular complexity index is 206. The lowest BCUT2D eigenvalue weighted by molar-refractivity contribution is -0.671. The van der Waals surface area contributed by atoms with Crippen molar-refractivity contribution in [3.05, 3.63) is 24.5 Å². The molecule has 1 aromatic heterocycles. The van der Waals surface area contributed by atoms with Gasteiger partial charge in [0.05, 0.1) is 0 Å². The van der Waals surface area contributed by atoms with E-state index in [-0.39, 0.29) is 17.0 Å². The molecule has 62 valence electrons. The third-order valence-corrected chi connectivity index (χ3v) is 1.48. The Balaban J connectivity index is 0.000001000. The molecular weight excluding hydrogens is 204 g/mol. The molecule has 0 saturated carbocycles. The Kier molecular flexibility index (Phi) is 4.11. The second-order valence-electron chi connectivity index (χ2n) is 2.62. The molecule has 0 saturated heterocycles. The molecule has 0 aromatic carbocycles. The number of anilines is 1. The van der Waals surface area contributed by atoms with Crippen LogP contribution < -0.4 is 26.4 Å². The first-order valence-corrected chi connectivity index (χ1v) is 3.33. The maximum atomic E-state index is 2.08. The predicted octanol–water partition coefficient (Wildman–Crippen LogP) is -2.42. The lowest BCUT2D eigenvalue weighted by Gasteiger charge is -2.09. The maximum absolute atomic E-state index is 2.08. The van der Waals surface area contributed by atoms with E-state index in [4.69, 9.17) is 0 Å². The minimum atomic E-state index is 0. The molecule has 0 N–H and O–H groups in total. The minimum absolute atomic E-state index is 0. The van der Waals surface area contributed by atoms with Crippen molar-refractivity contribution in [2.45, 2.75) is 0 Å². The van der Waals surface area contributed by atoms with E-state index in [0.717, 1.165) is 0 Å². The number of rotatable bonds is 1. The fourth-order valence-electron chi connectivity index (χ4n) is 0.791. The van der Waals surface area contributed by atoms with E-state index in [2.05, 4.69) is 17.0 Å². The standard InChI is InChI=1S/C8H13N2.BrH/c1-9(2)8-4-6-10(3)7-5-8;/h4-7H,1-3H3;1H/q+1;/p-1. The van der Waals surface area contributed by atoms with Crippen molar-refractivity contribution in [2.24, 2.45) is 7.05 Å². The summed E-state index contributed by atoms with van der Waals surface area (Å²) in [6.45, 7) is 0. The monoisotopic (exact) mass is 216 g/mol. The summed E-state index contributed by atoms with van der Waals surface area (Å²) in [7, 11) is 6.09. The summed E-state index contributed by atoms with van der Waals surface area (Å²) in [6, 6.07) is 4.17. The summed E-state index contributed by atoms with van der Waals surface area (Å²) in [5.41, 5.74) is 1.23. The lowest BCUT2D eigenvalue weighted by Crippen LogP contribution is -3.00. The summed E-state index contributed by atoms with van der Waals surface area (Å²) >= 11 is 0. The zero-order valence-corrected chi connectivity index (χ0v) is 8.67. The largest absolute Gasteiger partial charge is 1.00 e. The summed E-state index contributed by atoms with van der Waals surface area (Å²) in [6.07, 6.45) is 4.07. The summed E-state index contributed by atoms with van der Waals surface area (Å²) in [4.78, 5) is 2.08. The van der Waals surface area contributed by atoms with Gasteiger partial charge in [-0.25, -0.2) is 4.57 Å². The van der Waals surface area contributed by atoms with Crippen LogP contribution in [-0.4, -0.2) is 14.1 Å². The molecule has 1 rings (SSSR count). The van der Waals surface area contributed by atoms with Gasteiger partial charge in [0.25, 0.3) is 0 Å². The van der Waals surface area contributed by atoms with Crippen LogP contribution in [-0.2, 0) is 7.05 Å². The summed E-state index contributed by atoms with van der Waals surface area (Å²) in [5, 5.41) is 0. The second kappa shape index (κ2) is 4.34. The number of nitrogens with zero attached hydrogens (tertiary/aromatic N) is 2. The van der Waals surface area contributed by atoms with Gasteiger partial charge in [0.15, 0.2) is 12.4 Å². The first-order valence-electron chi connectivity index (χ1n) is 3.33. The quantitative estimate of drug-likeness (QED) is 0.475. The summed E-state index contributed by atoms with van der Waals surface area (Å²) < 4.78 is 2.02. The molecule has 1 aromatic rings. The van der Waals surface area contributed by atoms with Crippen molar-refractivity contribution >= 4 is 5.69 Å². The molecular formula is C8H13BrN2. The van der Waals surface area contributed by atoms with Crippen molar-refractivity contribution in [1.82, 2.24) is 0 Å². The van der Waals surface area contributed by atoms with Gasteiger partial charge in [-0.3, -0.25) is 0 Å². The van der Waals surface area contributed by atoms with Crippen molar-refractivity contribution in [3.8, 4) is 0 Å². The molecule has 0 radical (unpaired) electrons. The Labute approximate surface area is 78.2 Å². The van der Waals surface area contributed by atoms with Crippen molar-refractivity contribution in [3.63, 3.8) is 0 Å². The Hall–Kier alpha value is -0.570. The van der Waals surface area contributed by atoms with Crippen LogP contribution in [0.2, 0.25) is 0 Å². The van der Waals surface area contributed by atoms with Gasteiger partial charge in [-0.15, -0.1) is 0 Å². The first-order chi connectivity index (χ1) is 4.70. The molecule has 11 heavy (non-hydrogen) atoms. The molecule has 0 amide bonds. The fourth-order valence-corrected chi connectivity index (χ4v) is 0.791. The van der Waals surface area contributed by atoms with Gasteiger partial charge in [-0.05, 0) is 0 Å². The van der Waals surface area contributed by atoms with Gasteiger partial charge in [-0.2, -0.15) is 0 Å². The van der Waals surface area contributed by atoms with Crippen molar-refractivity contribution in [1.29, 1.82) is 0 Å². The third kappa shape index (κ3) is 2.89. The molecule has 0 fully saturated rings. The van der Waals surface area contributed by atoms with E-state index in [1.807, 2.05) is 38.1 Å². The van der Waals surface area contributed by atoms with E-state index in [0.29, 0.717) is 0 Å². The average Bonchev–Trinajstić information content (AvgIpc) is 1.88. The highest BCUT2D eigenvalue weighted by Crippen LogP contribution is 2.04. The molecule has 0 atom stereocenters. The molecule has 0 aliphatic heterocycles. The molecule has 0 aliphatic rings. The topological polar surface area (TPSA) is 7.12 Å². The van der Waals surface area contributed by atoms with Crippen LogP contribution in [0, 0.1) is 0 Å². The Morgan fingerprint density at radius 2 is 1.64 bits per heavy atom. The molecule has 1 heterocycles. The number of hydrogen-bond acceptors (Lipinski definition) is 1. The molecule has 0 aliphatic carbocycles. The smallest absolute Gasteiger partial charge is 0.170 e. The van der Waals surface area contributed by atoms with Gasteiger partial charge in [0, 0.05) is 31.9 Å². The number of hydrogen-bond donors (Lipinski definition) is 0. The Morgan fingerprint density at radius 1 is 1.18 bits per heavy atom. The van der Waals surface area contributed by atoms with Gasteiger partial charge < -0.3 is 21.9 Å². The van der Waals surface area contributed by atoms with Crippen LogP contribution in [0.3, 0.4) is 0 Å². The third-order valence-electron chi connectivity index (χ3n) is 1.48. The molecule has 0 unspecified atom stereocenters. The number of aromatic nitrogens is 1. The van der Waals surface area contributed by atoms with E-state index in [9.17, 15) is 0 Å². The van der Waals surface area contributed by atoms with Crippen molar-refractivity contribution in [2.75, 3.05) is 19.0 Å². The van der Waals surface area contributed by atoms with E-state index in [1.165, 1.54) is 5.69 Å². The summed E-state index contributed by atoms with van der Waals surface area (Å²) in [5.74, 6) is 0. The lowest BCUT2D eigenvalue weighted by atomic mass is 10.4. The molecule has 0 bridgehead atoms. The van der Waals surface area contributed by atoms with Crippen LogP contribution in [0.5, 0.6) is 0 Å². The van der Waals surface area contributed by atoms with Crippen molar-refractivity contribution < 1.29 is 21.5 Å². The van der Waals surface area contributed by atoms with Gasteiger partial charge in [0.2, 0.25) is 0 Å². The number of pyridine rings is 1. The first kappa shape index (κ1) is 10.4. The average molecular weight is 217 g/mol. The van der Waals surface area contributed by atoms with Crippen LogP contribution in [0.25, 0.3) is 0 Å². The number of halogens is 1. The van der Waals surface area contributed by atoms with Crippen LogP contribution in [0.1, 0.15) is 0 Å².